The molecule has 4 rings (SSSR count). The van der Waals surface area contributed by atoms with E-state index in [1.54, 1.807) is 23.6 Å². The summed E-state index contributed by atoms with van der Waals surface area (Å²) in [5.41, 5.74) is 2.44. The highest BCUT2D eigenvalue weighted by Gasteiger charge is 2.36. The topological polar surface area (TPSA) is 69.3 Å². The number of carbonyl (C=O) groups excluding carboxylic acids is 2. The molecule has 2 amide bonds. The maximum absolute atomic E-state index is 13.0. The number of rotatable bonds is 4. The Morgan fingerprint density at radius 2 is 1.79 bits per heavy atom. The molecular formula is C22H24N4O2S. The number of nitrogens with one attached hydrogen (secondary N) is 1. The van der Waals surface area contributed by atoms with Gasteiger partial charge >= 0.3 is 0 Å². The summed E-state index contributed by atoms with van der Waals surface area (Å²) < 4.78 is 0. The number of carbonyl (C=O) groups is 2. The third-order valence-corrected chi connectivity index (χ3v) is 6.52. The fourth-order valence-electron chi connectivity index (χ4n) is 3.76. The van der Waals surface area contributed by atoms with Gasteiger partial charge in [-0.25, -0.2) is 4.98 Å². The van der Waals surface area contributed by atoms with Gasteiger partial charge in [0, 0.05) is 42.3 Å². The van der Waals surface area contributed by atoms with E-state index in [4.69, 9.17) is 0 Å². The summed E-state index contributed by atoms with van der Waals surface area (Å²) in [4.78, 5) is 37.0. The number of amides is 2. The fourth-order valence-corrected chi connectivity index (χ4v) is 4.58. The Morgan fingerprint density at radius 3 is 2.52 bits per heavy atom. The van der Waals surface area contributed by atoms with E-state index < -0.39 is 0 Å². The van der Waals surface area contributed by atoms with Gasteiger partial charge in [0.25, 0.3) is 5.91 Å². The van der Waals surface area contributed by atoms with Crippen LogP contribution in [0.2, 0.25) is 0 Å². The number of thiazole rings is 1. The standard InChI is InChI=1S/C22H24N4O2S/c1-15-16(2)26(22(28)19-9-6-10-23-19)12-11-25(15)20(27)13-18-14-29-21(24-18)17-7-4-3-5-8-17/h3-10,14-16,23H,11-13H2,1-2H3/t15-,16-/m1/s1. The van der Waals surface area contributed by atoms with E-state index in [-0.39, 0.29) is 30.3 Å². The van der Waals surface area contributed by atoms with Gasteiger partial charge in [0.2, 0.25) is 5.91 Å². The van der Waals surface area contributed by atoms with E-state index in [2.05, 4.69) is 9.97 Å². The molecule has 1 fully saturated rings. The molecule has 1 aliphatic rings. The van der Waals surface area contributed by atoms with E-state index in [1.807, 2.05) is 65.4 Å². The van der Waals surface area contributed by atoms with Crippen LogP contribution in [0.1, 0.15) is 30.0 Å². The molecule has 0 bridgehead atoms. The predicted octanol–water partition coefficient (Wildman–Crippen LogP) is 3.44. The van der Waals surface area contributed by atoms with Crippen LogP contribution in [0.4, 0.5) is 0 Å². The highest BCUT2D eigenvalue weighted by Crippen LogP contribution is 2.25. The van der Waals surface area contributed by atoms with Crippen LogP contribution in [0.25, 0.3) is 10.6 Å². The number of aromatic amines is 1. The number of H-pyrrole nitrogens is 1. The van der Waals surface area contributed by atoms with Crippen LogP contribution in [0, 0.1) is 0 Å². The number of aromatic nitrogens is 2. The largest absolute Gasteiger partial charge is 0.357 e. The van der Waals surface area contributed by atoms with Crippen molar-refractivity contribution in [3.63, 3.8) is 0 Å². The van der Waals surface area contributed by atoms with Crippen molar-refractivity contribution >= 4 is 23.2 Å². The van der Waals surface area contributed by atoms with Crippen molar-refractivity contribution in [1.82, 2.24) is 19.8 Å². The van der Waals surface area contributed by atoms with Crippen molar-refractivity contribution < 1.29 is 9.59 Å². The Morgan fingerprint density at radius 1 is 1.07 bits per heavy atom. The lowest BCUT2D eigenvalue weighted by Crippen LogP contribution is -2.60. The lowest BCUT2D eigenvalue weighted by molar-refractivity contribution is -0.136. The molecule has 150 valence electrons. The quantitative estimate of drug-likeness (QED) is 0.719. The molecule has 2 atom stereocenters. The SMILES string of the molecule is C[C@@H]1[C@@H](C)N(C(=O)c2ccc[nH]2)CCN1C(=O)Cc1csc(-c2ccccc2)n1. The molecule has 0 spiro atoms. The second-order valence-electron chi connectivity index (χ2n) is 7.34. The van der Waals surface area contributed by atoms with Gasteiger partial charge in [-0.15, -0.1) is 11.3 Å². The molecule has 0 saturated carbocycles. The number of nitrogens with zero attached hydrogens (tertiary/aromatic N) is 3. The van der Waals surface area contributed by atoms with Crippen molar-refractivity contribution in [2.24, 2.45) is 0 Å². The molecule has 1 aromatic carbocycles. The lowest BCUT2D eigenvalue weighted by atomic mass is 10.0. The summed E-state index contributed by atoms with van der Waals surface area (Å²) in [7, 11) is 0. The van der Waals surface area contributed by atoms with Crippen LogP contribution in [0.5, 0.6) is 0 Å². The van der Waals surface area contributed by atoms with Crippen LogP contribution >= 0.6 is 11.3 Å². The van der Waals surface area contributed by atoms with Gasteiger partial charge in [0.1, 0.15) is 10.7 Å². The first-order valence-corrected chi connectivity index (χ1v) is 10.7. The van der Waals surface area contributed by atoms with Crippen LogP contribution in [0.3, 0.4) is 0 Å². The van der Waals surface area contributed by atoms with Crippen molar-refractivity contribution in [3.05, 3.63) is 65.4 Å². The summed E-state index contributed by atoms with van der Waals surface area (Å²) >= 11 is 1.56. The summed E-state index contributed by atoms with van der Waals surface area (Å²) in [5, 5.41) is 2.88. The zero-order chi connectivity index (χ0) is 20.4. The number of piperazine rings is 1. The van der Waals surface area contributed by atoms with Gasteiger partial charge in [-0.1, -0.05) is 30.3 Å². The molecule has 3 aromatic rings. The highest BCUT2D eigenvalue weighted by molar-refractivity contribution is 7.13. The summed E-state index contributed by atoms with van der Waals surface area (Å²) in [6.45, 7) is 5.07. The predicted molar refractivity (Wildman–Crippen MR) is 114 cm³/mol. The number of hydrogen-bond donors (Lipinski definition) is 1. The van der Waals surface area contributed by atoms with Crippen molar-refractivity contribution in [3.8, 4) is 10.6 Å². The Bertz CT molecular complexity index is 983. The van der Waals surface area contributed by atoms with E-state index >= 15 is 0 Å². The molecule has 2 aromatic heterocycles. The van der Waals surface area contributed by atoms with Gasteiger partial charge in [0.05, 0.1) is 12.1 Å². The lowest BCUT2D eigenvalue weighted by Gasteiger charge is -2.44. The first-order chi connectivity index (χ1) is 14.0. The fraction of sp³-hybridized carbons (Fsp3) is 0.318. The van der Waals surface area contributed by atoms with Crippen molar-refractivity contribution in [1.29, 1.82) is 0 Å². The second kappa shape index (κ2) is 8.21. The normalized spacial score (nSPS) is 19.4. The molecule has 0 unspecified atom stereocenters. The molecular weight excluding hydrogens is 384 g/mol. The van der Waals surface area contributed by atoms with E-state index in [0.717, 1.165) is 16.3 Å². The van der Waals surface area contributed by atoms with Gasteiger partial charge in [0.15, 0.2) is 0 Å². The molecule has 0 aliphatic carbocycles. The monoisotopic (exact) mass is 408 g/mol. The van der Waals surface area contributed by atoms with E-state index in [9.17, 15) is 9.59 Å². The second-order valence-corrected chi connectivity index (χ2v) is 8.20. The zero-order valence-corrected chi connectivity index (χ0v) is 17.4. The minimum Gasteiger partial charge on any atom is -0.357 e. The van der Waals surface area contributed by atoms with Crippen LogP contribution in [-0.2, 0) is 11.2 Å². The smallest absolute Gasteiger partial charge is 0.270 e. The van der Waals surface area contributed by atoms with Crippen molar-refractivity contribution in [2.45, 2.75) is 32.4 Å². The summed E-state index contributed by atoms with van der Waals surface area (Å²) in [6.07, 6.45) is 2.03. The Balaban J connectivity index is 1.41. The molecule has 0 radical (unpaired) electrons. The minimum absolute atomic E-state index is 0.0200. The molecule has 7 heteroatoms. The van der Waals surface area contributed by atoms with Gasteiger partial charge in [-0.2, -0.15) is 0 Å². The van der Waals surface area contributed by atoms with Gasteiger partial charge < -0.3 is 14.8 Å². The molecule has 1 aliphatic heterocycles. The first kappa shape index (κ1) is 19.4. The van der Waals surface area contributed by atoms with Gasteiger partial charge in [-0.05, 0) is 26.0 Å². The van der Waals surface area contributed by atoms with Crippen molar-refractivity contribution in [2.75, 3.05) is 13.1 Å². The average molecular weight is 409 g/mol. The Labute approximate surface area is 174 Å². The maximum atomic E-state index is 13.0. The zero-order valence-electron chi connectivity index (χ0n) is 16.5. The Hall–Kier alpha value is -2.93. The summed E-state index contributed by atoms with van der Waals surface area (Å²) in [6, 6.07) is 13.5. The van der Waals surface area contributed by atoms with Crippen LogP contribution in [-0.4, -0.2) is 56.8 Å². The molecule has 6 nitrogen and oxygen atoms in total. The molecule has 1 N–H and O–H groups in total. The first-order valence-electron chi connectivity index (χ1n) is 9.78. The van der Waals surface area contributed by atoms with Crippen LogP contribution < -0.4 is 0 Å². The maximum Gasteiger partial charge on any atom is 0.270 e. The number of hydrogen-bond acceptors (Lipinski definition) is 4. The average Bonchev–Trinajstić information content (AvgIpc) is 3.42. The third kappa shape index (κ3) is 3.96. The van der Waals surface area contributed by atoms with Gasteiger partial charge in [-0.3, -0.25) is 9.59 Å². The highest BCUT2D eigenvalue weighted by atomic mass is 32.1. The molecule has 3 heterocycles. The van der Waals surface area contributed by atoms with Crippen LogP contribution in [0.15, 0.2) is 54.0 Å². The van der Waals surface area contributed by atoms with E-state index in [0.29, 0.717) is 18.8 Å². The third-order valence-electron chi connectivity index (χ3n) is 5.58. The Kier molecular flexibility index (Phi) is 5.49. The molecule has 1 saturated heterocycles. The van der Waals surface area contributed by atoms with E-state index in [1.165, 1.54) is 0 Å². The summed E-state index contributed by atoms with van der Waals surface area (Å²) in [5.74, 6) is 0.0367. The number of benzene rings is 1. The molecule has 29 heavy (non-hydrogen) atoms. The minimum atomic E-state index is -0.0567.